The molecule has 3 rings (SSSR count). The Morgan fingerprint density at radius 2 is 1.70 bits per heavy atom. The third-order valence-electron chi connectivity index (χ3n) is 6.25. The van der Waals surface area contributed by atoms with E-state index in [-0.39, 0.29) is 6.04 Å². The highest BCUT2D eigenvalue weighted by Gasteiger charge is 2.34. The van der Waals surface area contributed by atoms with Crippen LogP contribution >= 0.6 is 0 Å². The van der Waals surface area contributed by atoms with E-state index < -0.39 is 0 Å². The number of nitrogens with zero attached hydrogens (tertiary/aromatic N) is 4. The number of carbonyl (C=O) groups is 1. The molecule has 0 N–H and O–H groups in total. The number of piperazine rings is 1. The summed E-state index contributed by atoms with van der Waals surface area (Å²) in [4.78, 5) is 20.0. The smallest absolute Gasteiger partial charge is 0.240 e. The third-order valence-corrected chi connectivity index (χ3v) is 6.25. The van der Waals surface area contributed by atoms with Crippen LogP contribution in [0.15, 0.2) is 24.3 Å². The van der Waals surface area contributed by atoms with Gasteiger partial charge in [-0.2, -0.15) is 5.26 Å². The number of rotatable bonds is 4. The molecule has 3 atom stereocenters. The number of hydrogen-bond donors (Lipinski definition) is 0. The van der Waals surface area contributed by atoms with Crippen LogP contribution in [0.2, 0.25) is 0 Å². The summed E-state index contributed by atoms with van der Waals surface area (Å²) in [5, 5.41) is 8.91. The number of likely N-dealkylation sites (tertiary alicyclic amines) is 1. The Labute approximate surface area is 163 Å². The molecule has 2 saturated heterocycles. The maximum Gasteiger partial charge on any atom is 0.240 e. The maximum atomic E-state index is 13.1. The van der Waals surface area contributed by atoms with Crippen LogP contribution in [0.25, 0.3) is 0 Å². The average molecular weight is 369 g/mol. The largest absolute Gasteiger partial charge is 0.336 e. The Morgan fingerprint density at radius 3 is 2.26 bits per heavy atom. The first-order valence-electron chi connectivity index (χ1n) is 10.3. The summed E-state index contributed by atoms with van der Waals surface area (Å²) >= 11 is 0. The molecule has 2 heterocycles. The Bertz CT molecular complexity index is 663. The monoisotopic (exact) mass is 368 g/mol. The lowest BCUT2D eigenvalue weighted by atomic mass is 9.96. The molecule has 0 aromatic heterocycles. The molecule has 0 radical (unpaired) electrons. The van der Waals surface area contributed by atoms with Crippen molar-refractivity contribution in [3.8, 4) is 6.07 Å². The summed E-state index contributed by atoms with van der Waals surface area (Å²) in [6.45, 7) is 11.2. The van der Waals surface area contributed by atoms with Crippen molar-refractivity contribution in [2.24, 2.45) is 0 Å². The lowest BCUT2D eigenvalue weighted by Crippen LogP contribution is -2.58. The number of piperidine rings is 1. The van der Waals surface area contributed by atoms with Crippen molar-refractivity contribution >= 4 is 5.91 Å². The van der Waals surface area contributed by atoms with Crippen LogP contribution in [-0.4, -0.2) is 64.9 Å². The quantitative estimate of drug-likeness (QED) is 0.820. The first-order chi connectivity index (χ1) is 13.0. The van der Waals surface area contributed by atoms with Gasteiger partial charge in [-0.1, -0.05) is 12.1 Å². The number of hydrogen-bond acceptors (Lipinski definition) is 4. The fraction of sp³-hybridized carbons (Fsp3) is 0.636. The standard InChI is InChI=1S/C22H32N4O/c1-17-5-4-6-18(2)26(17)22(27)19(3)25-13-11-24(12-14-25)16-21-9-7-20(15-23)8-10-21/h7-10,17-19H,4-6,11-14,16H2,1-3H3/t17-,18-,19+/m0/s1. The van der Waals surface area contributed by atoms with Crippen molar-refractivity contribution in [3.05, 3.63) is 35.4 Å². The van der Waals surface area contributed by atoms with Gasteiger partial charge in [0.25, 0.3) is 0 Å². The van der Waals surface area contributed by atoms with E-state index in [1.54, 1.807) is 0 Å². The number of benzene rings is 1. The molecular weight excluding hydrogens is 336 g/mol. The third kappa shape index (κ3) is 4.69. The summed E-state index contributed by atoms with van der Waals surface area (Å²) in [5.74, 6) is 0.301. The van der Waals surface area contributed by atoms with E-state index in [9.17, 15) is 4.79 Å². The molecular formula is C22H32N4O. The predicted molar refractivity (Wildman–Crippen MR) is 107 cm³/mol. The number of nitriles is 1. The molecule has 0 unspecified atom stereocenters. The van der Waals surface area contributed by atoms with Gasteiger partial charge >= 0.3 is 0 Å². The van der Waals surface area contributed by atoms with Crippen molar-refractivity contribution in [3.63, 3.8) is 0 Å². The van der Waals surface area contributed by atoms with Gasteiger partial charge in [-0.3, -0.25) is 14.6 Å². The highest BCUT2D eigenvalue weighted by Crippen LogP contribution is 2.24. The second-order valence-corrected chi connectivity index (χ2v) is 8.17. The van der Waals surface area contributed by atoms with Crippen LogP contribution in [0.4, 0.5) is 0 Å². The van der Waals surface area contributed by atoms with Gasteiger partial charge in [-0.15, -0.1) is 0 Å². The zero-order chi connectivity index (χ0) is 19.4. The highest BCUT2D eigenvalue weighted by molar-refractivity contribution is 5.82. The van der Waals surface area contributed by atoms with E-state index >= 15 is 0 Å². The maximum absolute atomic E-state index is 13.1. The Balaban J connectivity index is 1.52. The molecule has 5 nitrogen and oxygen atoms in total. The molecule has 1 aromatic rings. The van der Waals surface area contributed by atoms with Crippen LogP contribution < -0.4 is 0 Å². The van der Waals surface area contributed by atoms with Crippen molar-refractivity contribution in [2.45, 2.75) is 64.7 Å². The molecule has 27 heavy (non-hydrogen) atoms. The molecule has 5 heteroatoms. The minimum absolute atomic E-state index is 0.0370. The van der Waals surface area contributed by atoms with Gasteiger partial charge in [0.05, 0.1) is 17.7 Å². The second kappa shape index (κ2) is 8.86. The number of amides is 1. The Kier molecular flexibility index (Phi) is 6.51. The highest BCUT2D eigenvalue weighted by atomic mass is 16.2. The fourth-order valence-electron chi connectivity index (χ4n) is 4.48. The van der Waals surface area contributed by atoms with Gasteiger partial charge in [0.15, 0.2) is 0 Å². The lowest BCUT2D eigenvalue weighted by Gasteiger charge is -2.44. The van der Waals surface area contributed by atoms with E-state index in [1.165, 1.54) is 12.0 Å². The van der Waals surface area contributed by atoms with Gasteiger partial charge in [-0.25, -0.2) is 0 Å². The first-order valence-corrected chi connectivity index (χ1v) is 10.3. The molecule has 1 amide bonds. The summed E-state index contributed by atoms with van der Waals surface area (Å²) in [6, 6.07) is 10.7. The summed E-state index contributed by atoms with van der Waals surface area (Å²) in [5.41, 5.74) is 1.94. The van der Waals surface area contributed by atoms with Gasteiger partial charge in [0.2, 0.25) is 5.91 Å². The van der Waals surface area contributed by atoms with E-state index in [0.717, 1.165) is 45.6 Å². The molecule has 0 bridgehead atoms. The molecule has 0 spiro atoms. The van der Waals surface area contributed by atoms with Gasteiger partial charge < -0.3 is 4.90 Å². The molecule has 0 aliphatic carbocycles. The minimum Gasteiger partial charge on any atom is -0.336 e. The molecule has 1 aromatic carbocycles. The van der Waals surface area contributed by atoms with Crippen LogP contribution in [0, 0.1) is 11.3 Å². The topological polar surface area (TPSA) is 50.6 Å². The number of carbonyl (C=O) groups excluding carboxylic acids is 1. The normalized spacial score (nSPS) is 25.8. The van der Waals surface area contributed by atoms with Crippen molar-refractivity contribution in [1.29, 1.82) is 5.26 Å². The molecule has 2 aliphatic heterocycles. The average Bonchev–Trinajstić information content (AvgIpc) is 2.68. The van der Waals surface area contributed by atoms with Crippen LogP contribution in [0.3, 0.4) is 0 Å². The van der Waals surface area contributed by atoms with Crippen molar-refractivity contribution < 1.29 is 4.79 Å². The van der Waals surface area contributed by atoms with E-state index in [2.05, 4.69) is 41.5 Å². The zero-order valence-corrected chi connectivity index (χ0v) is 16.9. The summed E-state index contributed by atoms with van der Waals surface area (Å²) < 4.78 is 0. The minimum atomic E-state index is -0.0370. The van der Waals surface area contributed by atoms with Crippen LogP contribution in [0.5, 0.6) is 0 Å². The van der Waals surface area contributed by atoms with Gasteiger partial charge in [0.1, 0.15) is 0 Å². The molecule has 2 fully saturated rings. The Hall–Kier alpha value is -1.90. The van der Waals surface area contributed by atoms with Crippen molar-refractivity contribution in [2.75, 3.05) is 26.2 Å². The summed E-state index contributed by atoms with van der Waals surface area (Å²) in [7, 11) is 0. The van der Waals surface area contributed by atoms with E-state index in [1.807, 2.05) is 24.3 Å². The second-order valence-electron chi connectivity index (χ2n) is 8.17. The fourth-order valence-corrected chi connectivity index (χ4v) is 4.48. The first kappa shape index (κ1) is 19.9. The van der Waals surface area contributed by atoms with E-state index in [4.69, 9.17) is 5.26 Å². The van der Waals surface area contributed by atoms with Gasteiger partial charge in [0, 0.05) is 44.8 Å². The van der Waals surface area contributed by atoms with Crippen LogP contribution in [0.1, 0.15) is 51.2 Å². The SMILES string of the molecule is C[C@H](C(=O)N1[C@@H](C)CCC[C@@H]1C)N1CCN(Cc2ccc(C#N)cc2)CC1. The zero-order valence-electron chi connectivity index (χ0n) is 16.9. The predicted octanol–water partition coefficient (Wildman–Crippen LogP) is 2.85. The van der Waals surface area contributed by atoms with Gasteiger partial charge in [-0.05, 0) is 57.7 Å². The van der Waals surface area contributed by atoms with Crippen molar-refractivity contribution in [1.82, 2.24) is 14.7 Å². The molecule has 146 valence electrons. The Morgan fingerprint density at radius 1 is 1.11 bits per heavy atom. The lowest BCUT2D eigenvalue weighted by molar-refractivity contribution is -0.143. The molecule has 0 saturated carbocycles. The molecule has 2 aliphatic rings. The van der Waals surface area contributed by atoms with Crippen LogP contribution in [-0.2, 0) is 11.3 Å². The summed E-state index contributed by atoms with van der Waals surface area (Å²) in [6.07, 6.45) is 3.48. The van der Waals surface area contributed by atoms with E-state index in [0.29, 0.717) is 23.6 Å².